The van der Waals surface area contributed by atoms with E-state index in [9.17, 15) is 9.59 Å². The highest BCUT2D eigenvalue weighted by molar-refractivity contribution is 7.99. The van der Waals surface area contributed by atoms with Crippen molar-refractivity contribution in [2.45, 2.75) is 36.9 Å². The summed E-state index contributed by atoms with van der Waals surface area (Å²) in [5.74, 6) is 0.0380. The number of thioether (sulfide) groups is 1. The topological polar surface area (TPSA) is 64.0 Å². The molecular weight excluding hydrogens is 492 g/mol. The number of aryl methyl sites for hydroxylation is 1. The first-order valence-corrected chi connectivity index (χ1v) is 13.9. The minimum Gasteiger partial charge on any atom is -0.322 e. The van der Waals surface area contributed by atoms with Crippen molar-refractivity contribution >= 4 is 40.4 Å². The Bertz CT molecular complexity index is 1500. The number of benzene rings is 3. The molecule has 0 radical (unpaired) electrons. The molecule has 5 rings (SSSR count). The van der Waals surface area contributed by atoms with Gasteiger partial charge in [0.15, 0.2) is 5.16 Å². The summed E-state index contributed by atoms with van der Waals surface area (Å²) in [7, 11) is 1.96. The molecule has 1 unspecified atom stereocenters. The molecule has 6 nitrogen and oxygen atoms in total. The summed E-state index contributed by atoms with van der Waals surface area (Å²) < 4.78 is 1.75. The molecule has 0 bridgehead atoms. The van der Waals surface area contributed by atoms with E-state index in [4.69, 9.17) is 4.98 Å². The first-order valence-electron chi connectivity index (χ1n) is 12.9. The van der Waals surface area contributed by atoms with Crippen molar-refractivity contribution in [1.82, 2.24) is 9.55 Å². The predicted molar refractivity (Wildman–Crippen MR) is 155 cm³/mol. The van der Waals surface area contributed by atoms with Crippen LogP contribution in [0.25, 0.3) is 22.2 Å². The van der Waals surface area contributed by atoms with Gasteiger partial charge in [-0.1, -0.05) is 78.5 Å². The number of likely N-dealkylation sites (tertiary alicyclic amines) is 1. The summed E-state index contributed by atoms with van der Waals surface area (Å²) in [6.07, 6.45) is 3.97. The Kier molecular flexibility index (Phi) is 7.23. The second-order valence-electron chi connectivity index (χ2n) is 10.1. The van der Waals surface area contributed by atoms with E-state index in [-0.39, 0.29) is 22.2 Å². The lowest BCUT2D eigenvalue weighted by Gasteiger charge is -2.41. The van der Waals surface area contributed by atoms with E-state index in [1.54, 1.807) is 0 Å². The van der Waals surface area contributed by atoms with Gasteiger partial charge < -0.3 is 4.57 Å². The second kappa shape index (κ2) is 10.6. The SMILES string of the molecule is C=CC[C@@]1(C)CCC[N+]1(C(=O)CSc1nc2ccccc2n1C)C(=O)Nc1ccccc1-c1ccccc1. The van der Waals surface area contributed by atoms with Crippen LogP contribution in [-0.2, 0) is 11.8 Å². The molecule has 1 aromatic heterocycles. The van der Waals surface area contributed by atoms with Crippen molar-refractivity contribution in [1.29, 1.82) is 0 Å². The molecule has 194 valence electrons. The number of imidazole rings is 1. The van der Waals surface area contributed by atoms with Gasteiger partial charge in [0, 0.05) is 31.9 Å². The number of amides is 3. The number of aromatic nitrogens is 2. The molecule has 38 heavy (non-hydrogen) atoms. The molecule has 1 aliphatic rings. The summed E-state index contributed by atoms with van der Waals surface area (Å²) in [6, 6.07) is 25.3. The molecule has 0 spiro atoms. The first-order chi connectivity index (χ1) is 18.4. The number of rotatable bonds is 7. The normalized spacial score (nSPS) is 20.9. The monoisotopic (exact) mass is 525 g/mol. The van der Waals surface area contributed by atoms with Crippen LogP contribution in [0.4, 0.5) is 10.5 Å². The number of para-hydroxylation sites is 3. The van der Waals surface area contributed by atoms with E-state index in [1.165, 1.54) is 11.8 Å². The number of anilines is 1. The number of urea groups is 1. The molecule has 1 saturated heterocycles. The van der Waals surface area contributed by atoms with Crippen molar-refractivity contribution in [2.24, 2.45) is 7.05 Å². The number of nitrogens with zero attached hydrogens (tertiary/aromatic N) is 3. The molecule has 3 amide bonds. The van der Waals surface area contributed by atoms with Gasteiger partial charge in [-0.15, -0.1) is 6.58 Å². The minimum absolute atomic E-state index is 0.112. The molecule has 4 aromatic rings. The quantitative estimate of drug-likeness (QED) is 0.160. The minimum atomic E-state index is -0.572. The zero-order valence-corrected chi connectivity index (χ0v) is 22.7. The fraction of sp³-hybridized carbons (Fsp3) is 0.258. The summed E-state index contributed by atoms with van der Waals surface area (Å²) in [5.41, 5.74) is 3.96. The highest BCUT2D eigenvalue weighted by atomic mass is 32.2. The average molecular weight is 526 g/mol. The zero-order valence-electron chi connectivity index (χ0n) is 21.9. The molecule has 0 saturated carbocycles. The largest absolute Gasteiger partial charge is 0.428 e. The van der Waals surface area contributed by atoms with Gasteiger partial charge in [0.2, 0.25) is 0 Å². The van der Waals surface area contributed by atoms with Gasteiger partial charge in [-0.2, -0.15) is 4.48 Å². The van der Waals surface area contributed by atoms with Gasteiger partial charge in [0.25, 0.3) is 0 Å². The second-order valence-corrected chi connectivity index (χ2v) is 11.0. The highest BCUT2D eigenvalue weighted by Gasteiger charge is 2.61. The Morgan fingerprint density at radius 2 is 1.79 bits per heavy atom. The van der Waals surface area contributed by atoms with Crippen molar-refractivity contribution in [3.8, 4) is 11.1 Å². The third-order valence-electron chi connectivity index (χ3n) is 7.81. The van der Waals surface area contributed by atoms with Crippen molar-refractivity contribution in [3.63, 3.8) is 0 Å². The van der Waals surface area contributed by atoms with Crippen LogP contribution in [0.5, 0.6) is 0 Å². The summed E-state index contributed by atoms with van der Waals surface area (Å²) in [5, 5.41) is 3.93. The molecule has 1 aliphatic heterocycles. The van der Waals surface area contributed by atoms with E-state index < -0.39 is 5.54 Å². The number of quaternary nitrogens is 1. The molecule has 1 fully saturated rings. The molecule has 7 heteroatoms. The number of carbonyl (C=O) groups is 2. The average Bonchev–Trinajstić information content (AvgIpc) is 3.45. The lowest BCUT2D eigenvalue weighted by molar-refractivity contribution is -0.810. The first kappa shape index (κ1) is 25.9. The van der Waals surface area contributed by atoms with Gasteiger partial charge >= 0.3 is 11.9 Å². The number of hydrogen-bond donors (Lipinski definition) is 1. The van der Waals surface area contributed by atoms with Crippen molar-refractivity contribution in [3.05, 3.63) is 91.5 Å². The molecule has 1 N–H and O–H groups in total. The Morgan fingerprint density at radius 3 is 2.55 bits per heavy atom. The van der Waals surface area contributed by atoms with Crippen LogP contribution in [0, 0.1) is 0 Å². The van der Waals surface area contributed by atoms with Crippen molar-refractivity contribution in [2.75, 3.05) is 17.6 Å². The number of carbonyl (C=O) groups excluding carboxylic acids is 2. The molecule has 2 atom stereocenters. The standard InChI is InChI=1S/C31H32N4O2S/c1-4-19-31(2)20-12-21-35(31,28(36)22-38-29-32-26-17-10-11-18-27(26)34(29)3)30(37)33-25-16-9-8-15-24(25)23-13-6-5-7-14-23/h4-11,13-18H,1,12,19-22H2,2-3H3/p+1/t31-,35?/m0/s1. The third-order valence-corrected chi connectivity index (χ3v) is 8.83. The predicted octanol–water partition coefficient (Wildman–Crippen LogP) is 7.04. The smallest absolute Gasteiger partial charge is 0.322 e. The molecule has 3 aromatic carbocycles. The van der Waals surface area contributed by atoms with Gasteiger partial charge in [0.05, 0.1) is 23.3 Å². The number of hydrogen-bond acceptors (Lipinski definition) is 4. The van der Waals surface area contributed by atoms with Crippen LogP contribution >= 0.6 is 11.8 Å². The van der Waals surface area contributed by atoms with Crippen molar-refractivity contribution < 1.29 is 14.1 Å². The van der Waals surface area contributed by atoms with Crippen LogP contribution in [0.15, 0.2) is 96.7 Å². The van der Waals surface area contributed by atoms with Gasteiger partial charge in [-0.25, -0.2) is 14.6 Å². The highest BCUT2D eigenvalue weighted by Crippen LogP contribution is 2.42. The van der Waals surface area contributed by atoms with Crippen LogP contribution < -0.4 is 5.32 Å². The zero-order chi connectivity index (χ0) is 26.8. The van der Waals surface area contributed by atoms with Gasteiger partial charge in [-0.05, 0) is 30.7 Å². The van der Waals surface area contributed by atoms with E-state index in [0.29, 0.717) is 18.7 Å². The van der Waals surface area contributed by atoms with E-state index >= 15 is 0 Å². The Hall–Kier alpha value is -3.68. The molecular formula is C31H33N4O2S+. The summed E-state index contributed by atoms with van der Waals surface area (Å²) in [6.45, 7) is 6.46. The Balaban J connectivity index is 1.47. The van der Waals surface area contributed by atoms with Crippen LogP contribution in [-0.4, -0.2) is 43.8 Å². The van der Waals surface area contributed by atoms with Crippen LogP contribution in [0.3, 0.4) is 0 Å². The van der Waals surface area contributed by atoms with E-state index in [2.05, 4.69) is 11.9 Å². The molecule has 2 heterocycles. The maximum Gasteiger partial charge on any atom is 0.428 e. The van der Waals surface area contributed by atoms with Crippen LogP contribution in [0.2, 0.25) is 0 Å². The fourth-order valence-electron chi connectivity index (χ4n) is 5.77. The fourth-order valence-corrected chi connectivity index (χ4v) is 6.70. The van der Waals surface area contributed by atoms with Gasteiger partial charge in [-0.3, -0.25) is 5.32 Å². The lowest BCUT2D eigenvalue weighted by atomic mass is 9.92. The summed E-state index contributed by atoms with van der Waals surface area (Å²) in [4.78, 5) is 33.1. The summed E-state index contributed by atoms with van der Waals surface area (Å²) >= 11 is 1.39. The van der Waals surface area contributed by atoms with Gasteiger partial charge in [0.1, 0.15) is 11.3 Å². The molecule has 0 aliphatic carbocycles. The van der Waals surface area contributed by atoms with E-state index in [1.807, 2.05) is 103 Å². The Morgan fingerprint density at radius 1 is 1.08 bits per heavy atom. The number of nitrogens with one attached hydrogen (secondary N) is 1. The Labute approximate surface area is 228 Å². The van der Waals surface area contributed by atoms with Crippen LogP contribution in [0.1, 0.15) is 26.2 Å². The number of imide groups is 1. The number of fused-ring (bicyclic) bond motifs is 1. The van der Waals surface area contributed by atoms with E-state index in [0.717, 1.165) is 40.2 Å². The third kappa shape index (κ3) is 4.46. The maximum atomic E-state index is 14.2. The lowest BCUT2D eigenvalue weighted by Crippen LogP contribution is -2.67. The maximum absolute atomic E-state index is 14.2.